The van der Waals surface area contributed by atoms with Crippen LogP contribution in [0.2, 0.25) is 0 Å². The van der Waals surface area contributed by atoms with Crippen molar-refractivity contribution in [1.29, 1.82) is 0 Å². The number of hydrogen-bond acceptors (Lipinski definition) is 9. The fourth-order valence-corrected chi connectivity index (χ4v) is 2.30. The Labute approximate surface area is 176 Å². The molecule has 30 heavy (non-hydrogen) atoms. The van der Waals surface area contributed by atoms with Crippen molar-refractivity contribution < 1.29 is 44.1 Å². The Morgan fingerprint density at radius 3 is 1.80 bits per heavy atom. The number of aliphatic carboxylic acids is 2. The number of nitrogens with one attached hydrogen (secondary N) is 3. The molecule has 170 valence electrons. The van der Waals surface area contributed by atoms with Gasteiger partial charge in [-0.15, -0.1) is 0 Å². The van der Waals surface area contributed by atoms with Crippen molar-refractivity contribution in [2.24, 2.45) is 11.5 Å². The summed E-state index contributed by atoms with van der Waals surface area (Å²) in [7, 11) is 0. The van der Waals surface area contributed by atoms with Gasteiger partial charge in [-0.05, 0) is 6.42 Å². The molecule has 0 aromatic carbocycles. The number of carbonyl (C=O) groups is 6. The van der Waals surface area contributed by atoms with E-state index in [-0.39, 0.29) is 5.75 Å². The quantitative estimate of drug-likeness (QED) is 0.114. The second-order valence-corrected chi connectivity index (χ2v) is 6.46. The summed E-state index contributed by atoms with van der Waals surface area (Å²) < 4.78 is 0. The molecule has 0 aliphatic heterocycles. The molecule has 0 aliphatic carbocycles. The molecule has 4 atom stereocenters. The zero-order valence-corrected chi connectivity index (χ0v) is 16.6. The molecule has 0 aromatic heterocycles. The molecule has 0 fully saturated rings. The number of nitrogens with two attached hydrogens (primary N) is 2. The van der Waals surface area contributed by atoms with Crippen LogP contribution < -0.4 is 27.4 Å². The minimum Gasteiger partial charge on any atom is -0.481 e. The lowest BCUT2D eigenvalue weighted by Crippen LogP contribution is -2.58. The molecule has 0 bridgehead atoms. The van der Waals surface area contributed by atoms with Crippen LogP contribution in [-0.2, 0) is 28.8 Å². The number of thiol groups is 1. The lowest BCUT2D eigenvalue weighted by Gasteiger charge is -2.23. The van der Waals surface area contributed by atoms with Gasteiger partial charge in [0, 0.05) is 12.2 Å². The van der Waals surface area contributed by atoms with Crippen LogP contribution in [0.3, 0.4) is 0 Å². The van der Waals surface area contributed by atoms with Crippen molar-refractivity contribution >= 4 is 48.2 Å². The molecular formula is C15H25N5O9S. The molecule has 4 amide bonds. The van der Waals surface area contributed by atoms with E-state index in [1.165, 1.54) is 0 Å². The highest BCUT2D eigenvalue weighted by molar-refractivity contribution is 7.80. The minimum atomic E-state index is -1.59. The van der Waals surface area contributed by atoms with E-state index in [1.807, 2.05) is 5.32 Å². The zero-order valence-electron chi connectivity index (χ0n) is 15.7. The van der Waals surface area contributed by atoms with Crippen LogP contribution in [0, 0.1) is 0 Å². The standard InChI is InChI=1S/C15H25N5O9S/c16-6(3-10(17)22)12(25)18-7(1-2-11(23)24)13(26)19-8(4-21)14(27)20-9(5-30)15(28)29/h6-9,21,30H,1-5,16H2,(H2,17,22)(H,18,25)(H,19,26)(H,20,27)(H,23,24)(H,28,29). The molecule has 0 saturated carbocycles. The van der Waals surface area contributed by atoms with E-state index in [0.717, 1.165) is 0 Å². The molecule has 4 unspecified atom stereocenters. The van der Waals surface area contributed by atoms with Gasteiger partial charge in [-0.3, -0.25) is 24.0 Å². The highest BCUT2D eigenvalue weighted by Gasteiger charge is 2.30. The number of hydrogen-bond donors (Lipinski definition) is 9. The molecule has 15 heteroatoms. The molecule has 10 N–H and O–H groups in total. The third kappa shape index (κ3) is 10.0. The van der Waals surface area contributed by atoms with Crippen LogP contribution in [-0.4, -0.2) is 87.4 Å². The fourth-order valence-electron chi connectivity index (χ4n) is 2.05. The minimum absolute atomic E-state index is 0.262. The second-order valence-electron chi connectivity index (χ2n) is 6.10. The Morgan fingerprint density at radius 2 is 1.37 bits per heavy atom. The van der Waals surface area contributed by atoms with E-state index >= 15 is 0 Å². The van der Waals surface area contributed by atoms with Crippen molar-refractivity contribution in [2.45, 2.75) is 43.4 Å². The summed E-state index contributed by atoms with van der Waals surface area (Å²) in [4.78, 5) is 69.1. The maximum absolute atomic E-state index is 12.4. The molecule has 0 heterocycles. The molecular weight excluding hydrogens is 426 g/mol. The lowest BCUT2D eigenvalue weighted by molar-refractivity contribution is -0.142. The van der Waals surface area contributed by atoms with Crippen LogP contribution in [0.5, 0.6) is 0 Å². The maximum atomic E-state index is 12.4. The molecule has 0 spiro atoms. The van der Waals surface area contributed by atoms with Crippen molar-refractivity contribution in [1.82, 2.24) is 16.0 Å². The van der Waals surface area contributed by atoms with Gasteiger partial charge >= 0.3 is 11.9 Å². The Kier molecular flexibility index (Phi) is 12.0. The molecule has 0 saturated heterocycles. The number of primary amides is 1. The van der Waals surface area contributed by atoms with Crippen molar-refractivity contribution in [3.05, 3.63) is 0 Å². The van der Waals surface area contributed by atoms with E-state index in [1.54, 1.807) is 0 Å². The smallest absolute Gasteiger partial charge is 0.327 e. The normalized spacial score (nSPS) is 14.5. The maximum Gasteiger partial charge on any atom is 0.327 e. The summed E-state index contributed by atoms with van der Waals surface area (Å²) in [5.41, 5.74) is 10.4. The first-order valence-electron chi connectivity index (χ1n) is 8.54. The lowest BCUT2D eigenvalue weighted by atomic mass is 10.1. The third-order valence-corrected chi connectivity index (χ3v) is 4.02. The van der Waals surface area contributed by atoms with E-state index in [0.29, 0.717) is 0 Å². The predicted octanol–water partition coefficient (Wildman–Crippen LogP) is -4.48. The zero-order chi connectivity index (χ0) is 23.4. The van der Waals surface area contributed by atoms with Gasteiger partial charge in [0.15, 0.2) is 0 Å². The van der Waals surface area contributed by atoms with Crippen LogP contribution >= 0.6 is 12.6 Å². The molecule has 0 aromatic rings. The number of rotatable bonds is 14. The number of carboxylic acids is 2. The van der Waals surface area contributed by atoms with Gasteiger partial charge in [0.2, 0.25) is 23.6 Å². The number of carbonyl (C=O) groups excluding carboxylic acids is 4. The monoisotopic (exact) mass is 451 g/mol. The number of aliphatic hydroxyl groups is 1. The topological polar surface area (TPSA) is 251 Å². The summed E-state index contributed by atoms with van der Waals surface area (Å²) >= 11 is 3.76. The van der Waals surface area contributed by atoms with Crippen molar-refractivity contribution in [3.8, 4) is 0 Å². The number of aliphatic hydroxyl groups excluding tert-OH is 1. The fraction of sp³-hybridized carbons (Fsp3) is 0.600. The average Bonchev–Trinajstić information content (AvgIpc) is 2.65. The first-order valence-corrected chi connectivity index (χ1v) is 9.17. The summed E-state index contributed by atoms with van der Waals surface area (Å²) in [6.45, 7) is -0.919. The van der Waals surface area contributed by atoms with Gasteiger partial charge in [-0.25, -0.2) is 4.79 Å². The van der Waals surface area contributed by atoms with E-state index in [2.05, 4.69) is 23.3 Å². The van der Waals surface area contributed by atoms with Crippen LogP contribution in [0.1, 0.15) is 19.3 Å². The van der Waals surface area contributed by atoms with Crippen molar-refractivity contribution in [3.63, 3.8) is 0 Å². The molecule has 0 aliphatic rings. The highest BCUT2D eigenvalue weighted by Crippen LogP contribution is 2.02. The summed E-state index contributed by atoms with van der Waals surface area (Å²) in [5, 5.41) is 33.4. The SMILES string of the molecule is NC(=O)CC(N)C(=O)NC(CCC(=O)O)C(=O)NC(CO)C(=O)NC(CS)C(=O)O. The third-order valence-electron chi connectivity index (χ3n) is 3.65. The molecule has 14 nitrogen and oxygen atoms in total. The Balaban J connectivity index is 5.24. The van der Waals surface area contributed by atoms with Gasteiger partial charge in [0.1, 0.15) is 18.1 Å². The van der Waals surface area contributed by atoms with Gasteiger partial charge in [0.05, 0.1) is 19.1 Å². The van der Waals surface area contributed by atoms with Crippen LogP contribution in [0.25, 0.3) is 0 Å². The van der Waals surface area contributed by atoms with Gasteiger partial charge in [0.25, 0.3) is 0 Å². The van der Waals surface area contributed by atoms with E-state index in [4.69, 9.17) is 21.7 Å². The highest BCUT2D eigenvalue weighted by atomic mass is 32.1. The van der Waals surface area contributed by atoms with Crippen LogP contribution in [0.4, 0.5) is 0 Å². The first kappa shape index (κ1) is 27.1. The van der Waals surface area contributed by atoms with E-state index < -0.39 is 85.6 Å². The molecule has 0 radical (unpaired) electrons. The largest absolute Gasteiger partial charge is 0.481 e. The molecule has 0 rings (SSSR count). The van der Waals surface area contributed by atoms with Gasteiger partial charge < -0.3 is 42.7 Å². The Bertz CT molecular complexity index is 675. The second kappa shape index (κ2) is 13.3. The first-order chi connectivity index (χ1) is 13.9. The average molecular weight is 451 g/mol. The van der Waals surface area contributed by atoms with Crippen LogP contribution in [0.15, 0.2) is 0 Å². The summed E-state index contributed by atoms with van der Waals surface area (Å²) in [6.07, 6.45) is -1.47. The summed E-state index contributed by atoms with van der Waals surface area (Å²) in [5.74, 6) is -6.86. The number of amides is 4. The predicted molar refractivity (Wildman–Crippen MR) is 103 cm³/mol. The Morgan fingerprint density at radius 1 is 0.867 bits per heavy atom. The Hall–Kier alpha value is -2.91. The van der Waals surface area contributed by atoms with Gasteiger partial charge in [-0.2, -0.15) is 12.6 Å². The van der Waals surface area contributed by atoms with E-state index in [9.17, 15) is 33.9 Å². The number of carboxylic acid groups (broad SMARTS) is 2. The van der Waals surface area contributed by atoms with Crippen molar-refractivity contribution in [2.75, 3.05) is 12.4 Å². The van der Waals surface area contributed by atoms with Gasteiger partial charge in [-0.1, -0.05) is 0 Å². The summed E-state index contributed by atoms with van der Waals surface area (Å²) in [6, 6.07) is -5.86.